The number of nitrogens with one attached hydrogen (secondary N) is 2. The van der Waals surface area contributed by atoms with E-state index in [1.807, 2.05) is 14.1 Å². The first-order valence-corrected chi connectivity index (χ1v) is 6.60. The predicted molar refractivity (Wildman–Crippen MR) is 75.0 cm³/mol. The summed E-state index contributed by atoms with van der Waals surface area (Å²) in [7, 11) is 3.97. The van der Waals surface area contributed by atoms with Crippen LogP contribution in [0.3, 0.4) is 0 Å². The van der Waals surface area contributed by atoms with Crippen LogP contribution < -0.4 is 10.6 Å². The molecule has 0 bridgehead atoms. The second-order valence-corrected chi connectivity index (χ2v) is 5.59. The van der Waals surface area contributed by atoms with E-state index in [2.05, 4.69) is 29.4 Å². The van der Waals surface area contributed by atoms with Crippen LogP contribution in [-0.4, -0.2) is 61.2 Å². The number of amides is 1. The van der Waals surface area contributed by atoms with Crippen LogP contribution in [0.5, 0.6) is 0 Å². The zero-order chi connectivity index (χ0) is 15.0. The lowest BCUT2D eigenvalue weighted by molar-refractivity contribution is -0.141. The van der Waals surface area contributed by atoms with Gasteiger partial charge in [0.1, 0.15) is 6.04 Å². The van der Waals surface area contributed by atoms with Crippen molar-refractivity contribution in [1.82, 2.24) is 15.5 Å². The Balaban J connectivity index is 4.39. The molecule has 2 unspecified atom stereocenters. The lowest BCUT2D eigenvalue weighted by atomic mass is 10.0. The summed E-state index contributed by atoms with van der Waals surface area (Å²) in [6.07, 6.45) is 0.963. The molecule has 0 aromatic carbocycles. The maximum Gasteiger partial charge on any atom is 0.327 e. The van der Waals surface area contributed by atoms with Crippen molar-refractivity contribution in [1.29, 1.82) is 0 Å². The average Bonchev–Trinajstić information content (AvgIpc) is 2.21. The molecule has 0 aliphatic rings. The molecule has 0 aromatic heterocycles. The molecule has 0 aromatic rings. The number of carbonyl (C=O) groups is 2. The Labute approximate surface area is 115 Å². The molecule has 0 spiro atoms. The largest absolute Gasteiger partial charge is 0.480 e. The standard InChI is InChI=1S/C13H27N3O3/c1-9(2)6-11(8-16(4)5)14-7-12(13(18)19)15-10(3)17/h9,11-12,14H,6-8H2,1-5H3,(H,15,17)(H,18,19). The Morgan fingerprint density at radius 1 is 1.26 bits per heavy atom. The molecule has 0 saturated heterocycles. The number of aliphatic carboxylic acids is 1. The van der Waals surface area contributed by atoms with Crippen LogP contribution in [0.15, 0.2) is 0 Å². The zero-order valence-electron chi connectivity index (χ0n) is 12.6. The van der Waals surface area contributed by atoms with E-state index < -0.39 is 12.0 Å². The van der Waals surface area contributed by atoms with Crippen LogP contribution in [0, 0.1) is 5.92 Å². The molecule has 112 valence electrons. The Morgan fingerprint density at radius 2 is 1.84 bits per heavy atom. The summed E-state index contributed by atoms with van der Waals surface area (Å²) in [5.41, 5.74) is 0. The van der Waals surface area contributed by atoms with Crippen LogP contribution in [-0.2, 0) is 9.59 Å². The number of nitrogens with zero attached hydrogens (tertiary/aromatic N) is 1. The van der Waals surface area contributed by atoms with Gasteiger partial charge in [-0.1, -0.05) is 13.8 Å². The molecule has 0 aliphatic heterocycles. The highest BCUT2D eigenvalue weighted by atomic mass is 16.4. The Bertz CT molecular complexity index is 283. The topological polar surface area (TPSA) is 81.7 Å². The molecule has 0 saturated carbocycles. The molecule has 0 rings (SSSR count). The Hall–Kier alpha value is -1.14. The molecule has 1 amide bonds. The van der Waals surface area contributed by atoms with Gasteiger partial charge in [-0.2, -0.15) is 0 Å². The Kier molecular flexibility index (Phi) is 8.34. The van der Waals surface area contributed by atoms with Gasteiger partial charge in [0.2, 0.25) is 5.91 Å². The van der Waals surface area contributed by atoms with Crippen LogP contribution in [0.1, 0.15) is 27.2 Å². The van der Waals surface area contributed by atoms with Crippen molar-refractivity contribution >= 4 is 11.9 Å². The minimum atomic E-state index is -1.02. The van der Waals surface area contributed by atoms with Gasteiger partial charge in [0.15, 0.2) is 0 Å². The first kappa shape index (κ1) is 17.9. The molecule has 3 N–H and O–H groups in total. The summed E-state index contributed by atoms with van der Waals surface area (Å²) in [6.45, 7) is 6.66. The van der Waals surface area contributed by atoms with Gasteiger partial charge >= 0.3 is 5.97 Å². The normalized spacial score (nSPS) is 14.5. The van der Waals surface area contributed by atoms with Crippen LogP contribution in [0.25, 0.3) is 0 Å². The molecular formula is C13H27N3O3. The molecule has 6 nitrogen and oxygen atoms in total. The fraction of sp³-hybridized carbons (Fsp3) is 0.846. The SMILES string of the molecule is CC(=O)NC(CNC(CC(C)C)CN(C)C)C(=O)O. The van der Waals surface area contributed by atoms with E-state index in [4.69, 9.17) is 5.11 Å². The summed E-state index contributed by atoms with van der Waals surface area (Å²) in [5, 5.41) is 14.7. The zero-order valence-corrected chi connectivity index (χ0v) is 12.6. The van der Waals surface area contributed by atoms with Gasteiger partial charge in [0, 0.05) is 26.1 Å². The van der Waals surface area contributed by atoms with Gasteiger partial charge in [0.05, 0.1) is 0 Å². The van der Waals surface area contributed by atoms with Crippen molar-refractivity contribution in [3.63, 3.8) is 0 Å². The third-order valence-corrected chi connectivity index (χ3v) is 2.63. The maximum absolute atomic E-state index is 11.0. The van der Waals surface area contributed by atoms with Crippen molar-refractivity contribution in [2.75, 3.05) is 27.2 Å². The summed E-state index contributed by atoms with van der Waals surface area (Å²) in [4.78, 5) is 24.0. The smallest absolute Gasteiger partial charge is 0.327 e. The summed E-state index contributed by atoms with van der Waals surface area (Å²) in [5.74, 6) is -0.820. The number of carboxylic acid groups (broad SMARTS) is 1. The highest BCUT2D eigenvalue weighted by molar-refractivity contribution is 5.82. The molecule has 19 heavy (non-hydrogen) atoms. The number of carboxylic acids is 1. The molecule has 0 aliphatic carbocycles. The van der Waals surface area contributed by atoms with Crippen molar-refractivity contribution < 1.29 is 14.7 Å². The van der Waals surface area contributed by atoms with Gasteiger partial charge in [0.25, 0.3) is 0 Å². The van der Waals surface area contributed by atoms with Crippen molar-refractivity contribution in [3.05, 3.63) is 0 Å². The predicted octanol–water partition coefficient (Wildman–Crippen LogP) is 0.142. The number of likely N-dealkylation sites (N-methyl/N-ethyl adjacent to an activating group) is 1. The lowest BCUT2D eigenvalue weighted by Crippen LogP contribution is -2.50. The van der Waals surface area contributed by atoms with Crippen molar-refractivity contribution in [2.45, 2.75) is 39.3 Å². The fourth-order valence-electron chi connectivity index (χ4n) is 1.96. The number of hydrogen-bond acceptors (Lipinski definition) is 4. The fourth-order valence-corrected chi connectivity index (χ4v) is 1.96. The molecule has 0 radical (unpaired) electrons. The van der Waals surface area contributed by atoms with Crippen molar-refractivity contribution in [3.8, 4) is 0 Å². The van der Waals surface area contributed by atoms with Gasteiger partial charge < -0.3 is 20.6 Å². The molecule has 6 heteroatoms. The van der Waals surface area contributed by atoms with E-state index in [0.29, 0.717) is 5.92 Å². The van der Waals surface area contributed by atoms with E-state index >= 15 is 0 Å². The van der Waals surface area contributed by atoms with Crippen LogP contribution in [0.2, 0.25) is 0 Å². The second-order valence-electron chi connectivity index (χ2n) is 5.59. The van der Waals surface area contributed by atoms with E-state index in [0.717, 1.165) is 13.0 Å². The van der Waals surface area contributed by atoms with E-state index in [1.54, 1.807) is 0 Å². The summed E-state index contributed by atoms with van der Waals surface area (Å²) in [6, 6.07) is -0.667. The monoisotopic (exact) mass is 273 g/mol. The third-order valence-electron chi connectivity index (χ3n) is 2.63. The van der Waals surface area contributed by atoms with Gasteiger partial charge in [-0.25, -0.2) is 4.79 Å². The first-order chi connectivity index (χ1) is 8.72. The van der Waals surface area contributed by atoms with Gasteiger partial charge in [-0.3, -0.25) is 4.79 Å². The molecule has 2 atom stereocenters. The molecule has 0 heterocycles. The minimum Gasteiger partial charge on any atom is -0.480 e. The third kappa shape index (κ3) is 9.44. The quantitative estimate of drug-likeness (QED) is 0.557. The second kappa shape index (κ2) is 8.87. The maximum atomic E-state index is 11.0. The lowest BCUT2D eigenvalue weighted by Gasteiger charge is -2.25. The number of carbonyl (C=O) groups excluding carboxylic acids is 1. The van der Waals surface area contributed by atoms with Gasteiger partial charge in [-0.05, 0) is 26.4 Å². The Morgan fingerprint density at radius 3 is 2.21 bits per heavy atom. The summed E-state index contributed by atoms with van der Waals surface area (Å²) < 4.78 is 0. The van der Waals surface area contributed by atoms with E-state index in [1.165, 1.54) is 6.92 Å². The van der Waals surface area contributed by atoms with Crippen LogP contribution in [0.4, 0.5) is 0 Å². The van der Waals surface area contributed by atoms with Crippen LogP contribution >= 0.6 is 0 Å². The van der Waals surface area contributed by atoms with E-state index in [-0.39, 0.29) is 18.5 Å². The van der Waals surface area contributed by atoms with Gasteiger partial charge in [-0.15, -0.1) is 0 Å². The highest BCUT2D eigenvalue weighted by Crippen LogP contribution is 2.05. The number of hydrogen-bond donors (Lipinski definition) is 3. The summed E-state index contributed by atoms with van der Waals surface area (Å²) >= 11 is 0. The first-order valence-electron chi connectivity index (χ1n) is 6.60. The molecular weight excluding hydrogens is 246 g/mol. The minimum absolute atomic E-state index is 0.214. The van der Waals surface area contributed by atoms with E-state index in [9.17, 15) is 9.59 Å². The highest BCUT2D eigenvalue weighted by Gasteiger charge is 2.20. The molecule has 0 fully saturated rings. The average molecular weight is 273 g/mol. The number of rotatable bonds is 9. The van der Waals surface area contributed by atoms with Crippen molar-refractivity contribution in [2.24, 2.45) is 5.92 Å².